The lowest BCUT2D eigenvalue weighted by Crippen LogP contribution is -2.18. The minimum absolute atomic E-state index is 0.182. The van der Waals surface area contributed by atoms with Gasteiger partial charge in [0.05, 0.1) is 9.75 Å². The Morgan fingerprint density at radius 1 is 1.08 bits per heavy atom. The highest BCUT2D eigenvalue weighted by Crippen LogP contribution is 2.15. The molecule has 0 fully saturated rings. The summed E-state index contributed by atoms with van der Waals surface area (Å²) in [5, 5.41) is 16.5. The molecule has 0 radical (unpaired) electrons. The van der Waals surface area contributed by atoms with Crippen LogP contribution in [0, 0.1) is 0 Å². The number of hydrogen-bond acceptors (Lipinski definition) is 5. The molecule has 0 saturated carbocycles. The van der Waals surface area contributed by atoms with Crippen LogP contribution in [0.1, 0.15) is 19.3 Å². The van der Waals surface area contributed by atoms with E-state index in [2.05, 4.69) is 0 Å². The smallest absolute Gasteiger partial charge is 0.284 e. The Morgan fingerprint density at radius 2 is 1.46 bits per heavy atom. The number of rotatable bonds is 2. The van der Waals surface area contributed by atoms with E-state index in [1.165, 1.54) is 23.1 Å². The van der Waals surface area contributed by atoms with Crippen molar-refractivity contribution in [3.63, 3.8) is 0 Å². The Hall–Kier alpha value is -1.44. The molecule has 1 heterocycles. The standard InChI is InChI=1S/C6H6N2O4S/c9-5(7-11)3-1-2-4(13-3)6(10)8-12/h1-2,11-12H,(H,7,9)(H,8,10). The summed E-state index contributed by atoms with van der Waals surface area (Å²) in [6.07, 6.45) is 0. The van der Waals surface area contributed by atoms with Crippen molar-refractivity contribution in [1.82, 2.24) is 11.0 Å². The minimum atomic E-state index is -0.693. The molecule has 0 atom stereocenters. The highest BCUT2D eigenvalue weighted by Gasteiger charge is 2.12. The monoisotopic (exact) mass is 202 g/mol. The Labute approximate surface area is 76.7 Å². The van der Waals surface area contributed by atoms with Crippen LogP contribution in [0.25, 0.3) is 0 Å². The second-order valence-electron chi connectivity index (χ2n) is 2.05. The predicted molar refractivity (Wildman–Crippen MR) is 42.8 cm³/mol. The van der Waals surface area contributed by atoms with Crippen molar-refractivity contribution in [3.05, 3.63) is 21.9 Å². The second kappa shape index (κ2) is 3.99. The predicted octanol–water partition coefficient (Wildman–Crippen LogP) is -0.0139. The second-order valence-corrected chi connectivity index (χ2v) is 3.13. The SMILES string of the molecule is O=C(NO)c1ccc(C(=O)NO)s1. The molecule has 0 bridgehead atoms. The Morgan fingerprint density at radius 3 is 1.77 bits per heavy atom. The zero-order chi connectivity index (χ0) is 9.84. The molecule has 13 heavy (non-hydrogen) atoms. The molecule has 0 aliphatic heterocycles. The Bertz CT molecular complexity index is 305. The number of hydroxylamine groups is 2. The molecule has 4 N–H and O–H groups in total. The van der Waals surface area contributed by atoms with Crippen molar-refractivity contribution in [3.8, 4) is 0 Å². The van der Waals surface area contributed by atoms with Gasteiger partial charge in [-0.05, 0) is 12.1 Å². The molecule has 1 aromatic heterocycles. The van der Waals surface area contributed by atoms with Gasteiger partial charge in [-0.3, -0.25) is 20.0 Å². The van der Waals surface area contributed by atoms with E-state index in [-0.39, 0.29) is 9.75 Å². The lowest BCUT2D eigenvalue weighted by molar-refractivity contribution is 0.0708. The summed E-state index contributed by atoms with van der Waals surface area (Å²) < 4.78 is 0. The fraction of sp³-hybridized carbons (Fsp3) is 0. The van der Waals surface area contributed by atoms with Gasteiger partial charge in [-0.2, -0.15) is 0 Å². The van der Waals surface area contributed by atoms with Gasteiger partial charge in [-0.25, -0.2) is 11.0 Å². The van der Waals surface area contributed by atoms with Gasteiger partial charge in [0.15, 0.2) is 0 Å². The third-order valence-corrected chi connectivity index (χ3v) is 2.34. The minimum Gasteiger partial charge on any atom is -0.288 e. The molecular weight excluding hydrogens is 196 g/mol. The molecule has 0 aliphatic rings. The maximum absolute atomic E-state index is 10.8. The number of carbonyl (C=O) groups is 2. The van der Waals surface area contributed by atoms with E-state index in [1.54, 1.807) is 0 Å². The summed E-state index contributed by atoms with van der Waals surface area (Å²) in [5.41, 5.74) is 2.86. The summed E-state index contributed by atoms with van der Waals surface area (Å²) in [7, 11) is 0. The molecule has 0 aliphatic carbocycles. The zero-order valence-electron chi connectivity index (χ0n) is 6.27. The first-order valence-corrected chi connectivity index (χ1v) is 3.99. The van der Waals surface area contributed by atoms with Crippen LogP contribution in [-0.2, 0) is 0 Å². The van der Waals surface area contributed by atoms with E-state index in [1.807, 2.05) is 0 Å². The third kappa shape index (κ3) is 2.02. The van der Waals surface area contributed by atoms with Crippen LogP contribution < -0.4 is 11.0 Å². The molecule has 7 heteroatoms. The van der Waals surface area contributed by atoms with Gasteiger partial charge in [-0.1, -0.05) is 0 Å². The fourth-order valence-electron chi connectivity index (χ4n) is 0.692. The van der Waals surface area contributed by atoms with Crippen LogP contribution in [0.2, 0.25) is 0 Å². The van der Waals surface area contributed by atoms with Gasteiger partial charge >= 0.3 is 0 Å². The van der Waals surface area contributed by atoms with Crippen molar-refractivity contribution in [2.24, 2.45) is 0 Å². The van der Waals surface area contributed by atoms with Crippen LogP contribution >= 0.6 is 11.3 Å². The molecule has 70 valence electrons. The number of amides is 2. The van der Waals surface area contributed by atoms with Crippen molar-refractivity contribution in [2.75, 3.05) is 0 Å². The summed E-state index contributed by atoms with van der Waals surface area (Å²) in [4.78, 5) is 21.9. The quantitative estimate of drug-likeness (QED) is 0.400. The molecule has 1 rings (SSSR count). The van der Waals surface area contributed by atoms with Gasteiger partial charge in [-0.15, -0.1) is 11.3 Å². The first kappa shape index (κ1) is 9.65. The molecular formula is C6H6N2O4S. The third-order valence-electron chi connectivity index (χ3n) is 1.26. The van der Waals surface area contributed by atoms with E-state index in [0.29, 0.717) is 0 Å². The molecule has 6 nitrogen and oxygen atoms in total. The molecule has 2 amide bonds. The van der Waals surface area contributed by atoms with Crippen molar-refractivity contribution in [2.45, 2.75) is 0 Å². The summed E-state index contributed by atoms with van der Waals surface area (Å²) in [6, 6.07) is 2.72. The van der Waals surface area contributed by atoms with Crippen molar-refractivity contribution >= 4 is 23.2 Å². The number of thiophene rings is 1. The van der Waals surface area contributed by atoms with E-state index in [9.17, 15) is 9.59 Å². The first-order valence-electron chi connectivity index (χ1n) is 3.17. The molecule has 0 spiro atoms. The maximum atomic E-state index is 10.8. The first-order chi connectivity index (χ1) is 6.19. The highest BCUT2D eigenvalue weighted by molar-refractivity contribution is 7.15. The molecule has 0 saturated heterocycles. The van der Waals surface area contributed by atoms with E-state index < -0.39 is 11.8 Å². The molecule has 0 aromatic carbocycles. The van der Waals surface area contributed by atoms with Gasteiger partial charge in [0.25, 0.3) is 11.8 Å². The molecule has 0 unspecified atom stereocenters. The Kier molecular flexibility index (Phi) is 2.96. The van der Waals surface area contributed by atoms with Gasteiger partial charge in [0, 0.05) is 0 Å². The molecule has 1 aromatic rings. The van der Waals surface area contributed by atoms with Crippen LogP contribution in [0.5, 0.6) is 0 Å². The normalized spacial score (nSPS) is 9.38. The van der Waals surface area contributed by atoms with E-state index in [4.69, 9.17) is 10.4 Å². The average molecular weight is 202 g/mol. The zero-order valence-corrected chi connectivity index (χ0v) is 7.09. The van der Waals surface area contributed by atoms with Crippen molar-refractivity contribution < 1.29 is 20.0 Å². The van der Waals surface area contributed by atoms with E-state index in [0.717, 1.165) is 11.3 Å². The summed E-state index contributed by atoms with van der Waals surface area (Å²) in [5.74, 6) is -1.39. The maximum Gasteiger partial charge on any atom is 0.284 e. The van der Waals surface area contributed by atoms with Gasteiger partial charge < -0.3 is 0 Å². The number of carbonyl (C=O) groups excluding carboxylic acids is 2. The van der Waals surface area contributed by atoms with Gasteiger partial charge in [0.2, 0.25) is 0 Å². The lowest BCUT2D eigenvalue weighted by Gasteiger charge is -1.92. The topological polar surface area (TPSA) is 98.7 Å². The fourth-order valence-corrected chi connectivity index (χ4v) is 1.48. The lowest BCUT2D eigenvalue weighted by atomic mass is 10.4. The summed E-state index contributed by atoms with van der Waals surface area (Å²) >= 11 is 0.854. The highest BCUT2D eigenvalue weighted by atomic mass is 32.1. The van der Waals surface area contributed by atoms with Crippen LogP contribution in [-0.4, -0.2) is 22.2 Å². The van der Waals surface area contributed by atoms with Gasteiger partial charge in [0.1, 0.15) is 0 Å². The Balaban J connectivity index is 2.86. The summed E-state index contributed by atoms with van der Waals surface area (Å²) in [6.45, 7) is 0. The van der Waals surface area contributed by atoms with Crippen LogP contribution in [0.3, 0.4) is 0 Å². The number of nitrogens with one attached hydrogen (secondary N) is 2. The van der Waals surface area contributed by atoms with Crippen molar-refractivity contribution in [1.29, 1.82) is 0 Å². The van der Waals surface area contributed by atoms with Crippen LogP contribution in [0.15, 0.2) is 12.1 Å². The number of hydrogen-bond donors (Lipinski definition) is 4. The van der Waals surface area contributed by atoms with E-state index >= 15 is 0 Å². The van der Waals surface area contributed by atoms with Crippen LogP contribution in [0.4, 0.5) is 0 Å². The average Bonchev–Trinajstić information content (AvgIpc) is 2.64. The largest absolute Gasteiger partial charge is 0.288 e.